The van der Waals surface area contributed by atoms with Crippen LogP contribution in [0.15, 0.2) is 23.7 Å². The van der Waals surface area contributed by atoms with Crippen molar-refractivity contribution < 1.29 is 9.90 Å². The molecule has 3 N–H and O–H groups in total. The molecule has 0 aliphatic carbocycles. The largest absolute Gasteiger partial charge is 0.476 e. The molecule has 0 radical (unpaired) electrons. The highest BCUT2D eigenvalue weighted by Crippen LogP contribution is 2.22. The Hall–Kier alpha value is -2.52. The first kappa shape index (κ1) is 19.2. The second-order valence-electron chi connectivity index (χ2n) is 5.92. The van der Waals surface area contributed by atoms with Crippen LogP contribution in [-0.2, 0) is 0 Å². The number of fused-ring (bicyclic) bond motifs is 1. The molecule has 3 heterocycles. The van der Waals surface area contributed by atoms with Gasteiger partial charge in [-0.3, -0.25) is 4.98 Å². The number of carboxylic acids is 1. The smallest absolute Gasteiger partial charge is 0.355 e. The zero-order valence-corrected chi connectivity index (χ0v) is 16.2. The Bertz CT molecular complexity index is 935. The Labute approximate surface area is 165 Å². The molecule has 0 fully saturated rings. The maximum atomic E-state index is 11.0. The van der Waals surface area contributed by atoms with Gasteiger partial charge in [-0.2, -0.15) is 4.98 Å². The number of pyridine rings is 1. The van der Waals surface area contributed by atoms with Crippen LogP contribution in [0.3, 0.4) is 0 Å². The molecule has 10 heteroatoms. The zero-order valence-electron chi connectivity index (χ0n) is 14.6. The summed E-state index contributed by atoms with van der Waals surface area (Å²) >= 11 is 7.31. The van der Waals surface area contributed by atoms with Gasteiger partial charge in [0.2, 0.25) is 5.28 Å². The minimum Gasteiger partial charge on any atom is -0.476 e. The van der Waals surface area contributed by atoms with Crippen molar-refractivity contribution in [3.05, 3.63) is 34.7 Å². The van der Waals surface area contributed by atoms with Crippen LogP contribution in [-0.4, -0.2) is 43.6 Å². The summed E-state index contributed by atoms with van der Waals surface area (Å²) in [7, 11) is 0. The minimum absolute atomic E-state index is 0.0401. The standard InChI is InChI=1S/C17H19ClN6O2S/c1-2-3-5-10(8-20-17-23-12(9-27-17)15(25)26)21-14-13-11(6-4-7-19-13)22-16(18)24-14/h4,6-7,9-10H,2-3,5,8H2,1H3,(H,20,23)(H,25,26)(H,21,22,24). The van der Waals surface area contributed by atoms with Crippen molar-refractivity contribution in [3.63, 3.8) is 0 Å². The van der Waals surface area contributed by atoms with Gasteiger partial charge in [-0.25, -0.2) is 14.8 Å². The van der Waals surface area contributed by atoms with Crippen molar-refractivity contribution in [2.24, 2.45) is 0 Å². The van der Waals surface area contributed by atoms with Gasteiger partial charge in [0.15, 0.2) is 16.6 Å². The predicted octanol–water partition coefficient (Wildman–Crippen LogP) is 3.92. The quantitative estimate of drug-likeness (QED) is 0.458. The molecular weight excluding hydrogens is 388 g/mol. The van der Waals surface area contributed by atoms with Crippen LogP contribution < -0.4 is 10.6 Å². The zero-order chi connectivity index (χ0) is 19.2. The number of thiazole rings is 1. The maximum Gasteiger partial charge on any atom is 0.355 e. The highest BCUT2D eigenvalue weighted by atomic mass is 35.5. The van der Waals surface area contributed by atoms with E-state index in [2.05, 4.69) is 37.5 Å². The van der Waals surface area contributed by atoms with E-state index < -0.39 is 5.97 Å². The molecule has 0 saturated carbocycles. The van der Waals surface area contributed by atoms with E-state index in [1.807, 2.05) is 6.07 Å². The maximum absolute atomic E-state index is 11.0. The fourth-order valence-electron chi connectivity index (χ4n) is 2.57. The van der Waals surface area contributed by atoms with E-state index in [-0.39, 0.29) is 17.0 Å². The van der Waals surface area contributed by atoms with Crippen LogP contribution in [0.4, 0.5) is 10.9 Å². The van der Waals surface area contributed by atoms with Gasteiger partial charge in [-0.15, -0.1) is 11.3 Å². The summed E-state index contributed by atoms with van der Waals surface area (Å²) in [5.41, 5.74) is 1.37. The van der Waals surface area contributed by atoms with Crippen molar-refractivity contribution in [1.82, 2.24) is 19.9 Å². The fraction of sp³-hybridized carbons (Fsp3) is 0.353. The Morgan fingerprint density at radius 1 is 1.37 bits per heavy atom. The van der Waals surface area contributed by atoms with Gasteiger partial charge >= 0.3 is 5.97 Å². The van der Waals surface area contributed by atoms with Gasteiger partial charge in [0, 0.05) is 24.2 Å². The molecule has 0 bridgehead atoms. The van der Waals surface area contributed by atoms with Gasteiger partial charge < -0.3 is 15.7 Å². The van der Waals surface area contributed by atoms with E-state index in [0.717, 1.165) is 19.3 Å². The SMILES string of the molecule is CCCCC(CNc1nc(C(=O)O)cs1)Nc1nc(Cl)nc2cccnc12. The second-order valence-corrected chi connectivity index (χ2v) is 7.12. The first-order valence-corrected chi connectivity index (χ1v) is 9.80. The predicted molar refractivity (Wildman–Crippen MR) is 107 cm³/mol. The Morgan fingerprint density at radius 2 is 2.22 bits per heavy atom. The highest BCUT2D eigenvalue weighted by molar-refractivity contribution is 7.13. The van der Waals surface area contributed by atoms with Crippen LogP contribution in [0.25, 0.3) is 11.0 Å². The number of aromatic nitrogens is 4. The molecule has 0 spiro atoms. The first-order valence-electron chi connectivity index (χ1n) is 8.54. The van der Waals surface area contributed by atoms with Crippen LogP contribution >= 0.6 is 22.9 Å². The van der Waals surface area contributed by atoms with Crippen molar-refractivity contribution >= 4 is 50.9 Å². The van der Waals surface area contributed by atoms with E-state index in [1.165, 1.54) is 16.7 Å². The van der Waals surface area contributed by atoms with Crippen molar-refractivity contribution in [2.75, 3.05) is 17.2 Å². The molecule has 1 unspecified atom stereocenters. The number of unbranched alkanes of at least 4 members (excludes halogenated alkanes) is 1. The summed E-state index contributed by atoms with van der Waals surface area (Å²) in [5.74, 6) is -0.452. The van der Waals surface area contributed by atoms with Gasteiger partial charge in [-0.1, -0.05) is 19.8 Å². The average Bonchev–Trinajstić information content (AvgIpc) is 3.13. The Kier molecular flexibility index (Phi) is 6.36. The van der Waals surface area contributed by atoms with E-state index in [1.54, 1.807) is 12.3 Å². The number of nitrogens with one attached hydrogen (secondary N) is 2. The lowest BCUT2D eigenvalue weighted by Gasteiger charge is -2.20. The van der Waals surface area contributed by atoms with Crippen molar-refractivity contribution in [2.45, 2.75) is 32.2 Å². The highest BCUT2D eigenvalue weighted by Gasteiger charge is 2.15. The number of carbonyl (C=O) groups is 1. The number of halogens is 1. The van der Waals surface area contributed by atoms with Gasteiger partial charge in [-0.05, 0) is 30.2 Å². The fourth-order valence-corrected chi connectivity index (χ4v) is 3.44. The summed E-state index contributed by atoms with van der Waals surface area (Å²) in [4.78, 5) is 27.9. The third-order valence-corrected chi connectivity index (χ3v) is 4.87. The normalized spacial score (nSPS) is 12.1. The summed E-state index contributed by atoms with van der Waals surface area (Å²) < 4.78 is 0. The summed E-state index contributed by atoms with van der Waals surface area (Å²) in [6.45, 7) is 2.69. The topological polar surface area (TPSA) is 113 Å². The van der Waals surface area contributed by atoms with Crippen molar-refractivity contribution in [3.8, 4) is 0 Å². The summed E-state index contributed by atoms with van der Waals surface area (Å²) in [6.07, 6.45) is 4.67. The summed E-state index contributed by atoms with van der Waals surface area (Å²) in [5, 5.41) is 17.8. The van der Waals surface area contributed by atoms with Gasteiger partial charge in [0.25, 0.3) is 0 Å². The molecule has 0 amide bonds. The number of hydrogen-bond acceptors (Lipinski definition) is 8. The molecule has 0 aliphatic heterocycles. The van der Waals surface area contributed by atoms with Crippen molar-refractivity contribution in [1.29, 1.82) is 0 Å². The van der Waals surface area contributed by atoms with Crippen LogP contribution in [0.1, 0.15) is 36.7 Å². The molecule has 3 aromatic rings. The average molecular weight is 407 g/mol. The minimum atomic E-state index is -1.03. The summed E-state index contributed by atoms with van der Waals surface area (Å²) in [6, 6.07) is 3.68. The molecule has 8 nitrogen and oxygen atoms in total. The number of carboxylic acid groups (broad SMARTS) is 1. The number of nitrogens with zero attached hydrogens (tertiary/aromatic N) is 4. The molecule has 27 heavy (non-hydrogen) atoms. The molecule has 1 atom stereocenters. The van der Waals surface area contributed by atoms with Crippen LogP contribution in [0, 0.1) is 0 Å². The van der Waals surface area contributed by atoms with E-state index in [4.69, 9.17) is 16.7 Å². The second kappa shape index (κ2) is 8.92. The lowest BCUT2D eigenvalue weighted by Crippen LogP contribution is -2.29. The van der Waals surface area contributed by atoms with Gasteiger partial charge in [0.1, 0.15) is 5.52 Å². The third kappa shape index (κ3) is 5.01. The molecular formula is C17H19ClN6O2S. The number of hydrogen-bond donors (Lipinski definition) is 3. The monoisotopic (exact) mass is 406 g/mol. The molecule has 0 aromatic carbocycles. The lowest BCUT2D eigenvalue weighted by molar-refractivity contribution is 0.0691. The molecule has 142 valence electrons. The lowest BCUT2D eigenvalue weighted by atomic mass is 10.1. The number of rotatable bonds is 9. The van der Waals surface area contributed by atoms with Crippen LogP contribution in [0.2, 0.25) is 5.28 Å². The molecule has 3 rings (SSSR count). The Morgan fingerprint density at radius 3 is 2.96 bits per heavy atom. The van der Waals surface area contributed by atoms with E-state index in [9.17, 15) is 4.79 Å². The molecule has 0 saturated heterocycles. The molecule has 3 aromatic heterocycles. The third-order valence-electron chi connectivity index (χ3n) is 3.90. The van der Waals surface area contributed by atoms with E-state index in [0.29, 0.717) is 28.5 Å². The van der Waals surface area contributed by atoms with Crippen LogP contribution in [0.5, 0.6) is 0 Å². The number of aromatic carboxylic acids is 1. The van der Waals surface area contributed by atoms with E-state index >= 15 is 0 Å². The number of anilines is 2. The van der Waals surface area contributed by atoms with Gasteiger partial charge in [0.05, 0.1) is 5.52 Å². The Balaban J connectivity index is 1.75. The first-order chi connectivity index (χ1) is 13.1. The molecule has 0 aliphatic rings.